The first-order chi connectivity index (χ1) is 16.7. The number of ketones is 1. The number of carbonyl (C=O) groups is 3. The van der Waals surface area contributed by atoms with Crippen molar-refractivity contribution in [3.63, 3.8) is 0 Å². The summed E-state index contributed by atoms with van der Waals surface area (Å²) in [7, 11) is 1.37. The molecule has 0 saturated carbocycles. The van der Waals surface area contributed by atoms with Gasteiger partial charge >= 0.3 is 0 Å². The van der Waals surface area contributed by atoms with E-state index in [1.807, 2.05) is 0 Å². The molecule has 1 aliphatic heterocycles. The number of anilines is 2. The number of Topliss-reactive ketones (excluding diaryl/α,β-unsaturated/α-hetero) is 1. The maximum Gasteiger partial charge on any atom is 0.300 e. The summed E-state index contributed by atoms with van der Waals surface area (Å²) in [6.07, 6.45) is 0. The lowest BCUT2D eigenvalue weighted by molar-refractivity contribution is -0.132. The number of methoxy groups -OCH3 is 1. The molecule has 2 N–H and O–H groups in total. The van der Waals surface area contributed by atoms with Gasteiger partial charge in [-0.25, -0.2) is 0 Å². The number of carbonyl (C=O) groups excluding carboxylic acids is 3. The highest BCUT2D eigenvalue weighted by atomic mass is 35.5. The van der Waals surface area contributed by atoms with Crippen LogP contribution in [0.4, 0.5) is 11.4 Å². The zero-order valence-corrected chi connectivity index (χ0v) is 20.2. The van der Waals surface area contributed by atoms with Gasteiger partial charge in [0.05, 0.1) is 29.3 Å². The molecular weight excluding hydrogens is 491 g/mol. The third-order valence-corrected chi connectivity index (χ3v) is 5.99. The first-order valence-electron chi connectivity index (χ1n) is 10.5. The SMILES string of the molecule is COc1c(Cl)cc(Cl)cc1/C(O)=C1\C(=O)C(=O)N(c2ccc(NC(C)=O)cc2)C1c1ccccc1. The van der Waals surface area contributed by atoms with Gasteiger partial charge in [-0.15, -0.1) is 0 Å². The Balaban J connectivity index is 1.92. The number of ether oxygens (including phenoxy) is 1. The highest BCUT2D eigenvalue weighted by molar-refractivity contribution is 6.52. The Morgan fingerprint density at radius 1 is 1.03 bits per heavy atom. The van der Waals surface area contributed by atoms with Crippen molar-refractivity contribution in [1.82, 2.24) is 0 Å². The summed E-state index contributed by atoms with van der Waals surface area (Å²) >= 11 is 12.4. The first-order valence-corrected chi connectivity index (χ1v) is 11.3. The monoisotopic (exact) mass is 510 g/mol. The van der Waals surface area contributed by atoms with Crippen LogP contribution in [-0.4, -0.2) is 29.8 Å². The number of aliphatic hydroxyl groups excluding tert-OH is 1. The minimum atomic E-state index is -0.940. The van der Waals surface area contributed by atoms with Gasteiger partial charge in [0.25, 0.3) is 11.7 Å². The molecule has 1 fully saturated rings. The molecule has 0 bridgehead atoms. The number of rotatable bonds is 5. The van der Waals surface area contributed by atoms with Gasteiger partial charge in [-0.2, -0.15) is 0 Å². The van der Waals surface area contributed by atoms with E-state index in [1.165, 1.54) is 31.1 Å². The largest absolute Gasteiger partial charge is 0.507 e. The molecule has 1 heterocycles. The third kappa shape index (κ3) is 4.60. The van der Waals surface area contributed by atoms with E-state index in [0.717, 1.165) is 0 Å². The molecule has 0 aromatic heterocycles. The molecule has 0 radical (unpaired) electrons. The van der Waals surface area contributed by atoms with Gasteiger partial charge in [-0.1, -0.05) is 53.5 Å². The number of nitrogens with one attached hydrogen (secondary N) is 1. The van der Waals surface area contributed by atoms with Gasteiger partial charge in [-0.3, -0.25) is 19.3 Å². The minimum absolute atomic E-state index is 0.0879. The molecule has 9 heteroatoms. The van der Waals surface area contributed by atoms with Gasteiger partial charge < -0.3 is 15.2 Å². The van der Waals surface area contributed by atoms with Crippen molar-refractivity contribution < 1.29 is 24.2 Å². The van der Waals surface area contributed by atoms with E-state index in [0.29, 0.717) is 16.9 Å². The van der Waals surface area contributed by atoms with Crippen LogP contribution in [0.5, 0.6) is 5.75 Å². The molecule has 3 aromatic carbocycles. The van der Waals surface area contributed by atoms with E-state index in [-0.39, 0.29) is 32.8 Å². The molecule has 1 atom stereocenters. The third-order valence-electron chi connectivity index (χ3n) is 5.49. The standard InChI is InChI=1S/C26H20Cl2N2O5/c1-14(31)29-17-8-10-18(11-9-17)30-22(15-6-4-3-5-7-15)21(24(33)26(30)34)23(32)19-12-16(27)13-20(28)25(19)35-2/h3-13,22,32H,1-2H3,(H,29,31)/b23-21+. The molecule has 2 amide bonds. The number of hydrogen-bond donors (Lipinski definition) is 2. The summed E-state index contributed by atoms with van der Waals surface area (Å²) in [6.45, 7) is 1.39. The Morgan fingerprint density at radius 3 is 2.29 bits per heavy atom. The Labute approximate surface area is 211 Å². The van der Waals surface area contributed by atoms with Crippen molar-refractivity contribution in [3.8, 4) is 5.75 Å². The zero-order chi connectivity index (χ0) is 25.3. The molecule has 1 unspecified atom stereocenters. The predicted molar refractivity (Wildman–Crippen MR) is 135 cm³/mol. The minimum Gasteiger partial charge on any atom is -0.507 e. The molecule has 7 nitrogen and oxygen atoms in total. The quantitative estimate of drug-likeness (QED) is 0.265. The number of halogens is 2. The molecule has 1 aliphatic rings. The fraction of sp³-hybridized carbons (Fsp3) is 0.115. The average Bonchev–Trinajstić information content (AvgIpc) is 3.09. The number of amides is 2. The molecule has 0 spiro atoms. The maximum absolute atomic E-state index is 13.3. The van der Waals surface area contributed by atoms with E-state index in [4.69, 9.17) is 27.9 Å². The van der Waals surface area contributed by atoms with Crippen LogP contribution in [0.15, 0.2) is 72.3 Å². The van der Waals surface area contributed by atoms with Gasteiger partial charge in [0, 0.05) is 23.3 Å². The van der Waals surface area contributed by atoms with Gasteiger partial charge in [0.15, 0.2) is 0 Å². The van der Waals surface area contributed by atoms with Crippen LogP contribution in [0.3, 0.4) is 0 Å². The van der Waals surface area contributed by atoms with Crippen molar-refractivity contribution in [2.24, 2.45) is 0 Å². The van der Waals surface area contributed by atoms with Crippen LogP contribution in [0.25, 0.3) is 5.76 Å². The fourth-order valence-corrected chi connectivity index (χ4v) is 4.62. The van der Waals surface area contributed by atoms with E-state index in [1.54, 1.807) is 54.6 Å². The molecular formula is C26H20Cl2N2O5. The average molecular weight is 511 g/mol. The second-order valence-electron chi connectivity index (χ2n) is 7.78. The summed E-state index contributed by atoms with van der Waals surface area (Å²) < 4.78 is 5.34. The van der Waals surface area contributed by atoms with Crippen molar-refractivity contribution in [1.29, 1.82) is 0 Å². The highest BCUT2D eigenvalue weighted by Crippen LogP contribution is 2.45. The summed E-state index contributed by atoms with van der Waals surface area (Å²) in [6, 6.07) is 17.3. The molecule has 178 valence electrons. The molecule has 0 aliphatic carbocycles. The van der Waals surface area contributed by atoms with E-state index in [2.05, 4.69) is 5.32 Å². The summed E-state index contributed by atoms with van der Waals surface area (Å²) in [5, 5.41) is 14.4. The van der Waals surface area contributed by atoms with Crippen molar-refractivity contribution in [3.05, 3.63) is 93.5 Å². The zero-order valence-electron chi connectivity index (χ0n) is 18.7. The van der Waals surface area contributed by atoms with E-state index >= 15 is 0 Å². The highest BCUT2D eigenvalue weighted by Gasteiger charge is 2.47. The van der Waals surface area contributed by atoms with E-state index < -0.39 is 23.5 Å². The second kappa shape index (κ2) is 9.82. The maximum atomic E-state index is 13.3. The first kappa shape index (κ1) is 24.3. The van der Waals surface area contributed by atoms with Crippen molar-refractivity contribution >= 4 is 57.9 Å². The lowest BCUT2D eigenvalue weighted by atomic mass is 9.95. The number of benzene rings is 3. The lowest BCUT2D eigenvalue weighted by Crippen LogP contribution is -2.29. The lowest BCUT2D eigenvalue weighted by Gasteiger charge is -2.25. The summed E-state index contributed by atoms with van der Waals surface area (Å²) in [5.74, 6) is -2.28. The van der Waals surface area contributed by atoms with Crippen LogP contribution in [0, 0.1) is 0 Å². The Hall–Kier alpha value is -3.81. The number of nitrogens with zero attached hydrogens (tertiary/aromatic N) is 1. The van der Waals surface area contributed by atoms with Crippen LogP contribution in [0.1, 0.15) is 24.1 Å². The number of aliphatic hydroxyl groups is 1. The smallest absolute Gasteiger partial charge is 0.300 e. The molecule has 1 saturated heterocycles. The van der Waals surface area contributed by atoms with Crippen LogP contribution < -0.4 is 15.0 Å². The van der Waals surface area contributed by atoms with E-state index in [9.17, 15) is 19.5 Å². The van der Waals surface area contributed by atoms with Crippen LogP contribution >= 0.6 is 23.2 Å². The number of hydrogen-bond acceptors (Lipinski definition) is 5. The summed E-state index contributed by atoms with van der Waals surface area (Å²) in [5.41, 5.74) is 1.50. The van der Waals surface area contributed by atoms with Gasteiger partial charge in [0.1, 0.15) is 11.5 Å². The Bertz CT molecular complexity index is 1350. The topological polar surface area (TPSA) is 95.9 Å². The fourth-order valence-electron chi connectivity index (χ4n) is 4.05. The van der Waals surface area contributed by atoms with Gasteiger partial charge in [0.2, 0.25) is 5.91 Å². The van der Waals surface area contributed by atoms with Crippen molar-refractivity contribution in [2.75, 3.05) is 17.3 Å². The molecule has 35 heavy (non-hydrogen) atoms. The second-order valence-corrected chi connectivity index (χ2v) is 8.62. The predicted octanol–water partition coefficient (Wildman–Crippen LogP) is 5.59. The molecule has 3 aromatic rings. The normalized spacial score (nSPS) is 16.9. The molecule has 4 rings (SSSR count). The van der Waals surface area contributed by atoms with Crippen molar-refractivity contribution in [2.45, 2.75) is 13.0 Å². The Kier molecular flexibility index (Phi) is 6.82. The Morgan fingerprint density at radius 2 is 1.69 bits per heavy atom. The summed E-state index contributed by atoms with van der Waals surface area (Å²) in [4.78, 5) is 39.2. The van der Waals surface area contributed by atoms with Crippen LogP contribution in [0.2, 0.25) is 10.0 Å². The van der Waals surface area contributed by atoms with Gasteiger partial charge in [-0.05, 0) is 42.0 Å². The van der Waals surface area contributed by atoms with Crippen LogP contribution in [-0.2, 0) is 14.4 Å².